The Balaban J connectivity index is 3.03. The molecule has 1 heterocycles. The smallest absolute Gasteiger partial charge is 0.300 e. The highest BCUT2D eigenvalue weighted by molar-refractivity contribution is 5.23. The van der Waals surface area contributed by atoms with E-state index in [4.69, 9.17) is 0 Å². The van der Waals surface area contributed by atoms with E-state index in [1.165, 1.54) is 9.13 Å². The lowest BCUT2D eigenvalue weighted by molar-refractivity contribution is 0.749. The molecule has 1 aromatic heterocycles. The first-order chi connectivity index (χ1) is 6.02. The monoisotopic (exact) mass is 182 g/mol. The molecule has 0 spiro atoms. The highest BCUT2D eigenvalue weighted by Crippen LogP contribution is 2.08. The van der Waals surface area contributed by atoms with Crippen molar-refractivity contribution in [2.24, 2.45) is 24.3 Å². The van der Waals surface area contributed by atoms with Crippen LogP contribution in [-0.2, 0) is 14.1 Å². The molecule has 0 unspecified atom stereocenters. The SMILES string of the molecule is CC(C)N=Nc1cn(C)c(=O)n1C. The van der Waals surface area contributed by atoms with Crippen LogP contribution in [0.2, 0.25) is 0 Å². The van der Waals surface area contributed by atoms with Gasteiger partial charge in [0.1, 0.15) is 0 Å². The topological polar surface area (TPSA) is 51.6 Å². The Morgan fingerprint density at radius 1 is 1.38 bits per heavy atom. The van der Waals surface area contributed by atoms with Crippen LogP contribution in [0.15, 0.2) is 21.2 Å². The molecule has 5 heteroatoms. The molecule has 1 rings (SSSR count). The van der Waals surface area contributed by atoms with Crippen LogP contribution in [0.4, 0.5) is 5.82 Å². The Bertz CT molecular complexity index is 372. The molecule has 0 aliphatic rings. The second kappa shape index (κ2) is 3.55. The molecule has 13 heavy (non-hydrogen) atoms. The van der Waals surface area contributed by atoms with Gasteiger partial charge in [-0.15, -0.1) is 5.11 Å². The molecule has 5 nitrogen and oxygen atoms in total. The molecule has 0 atom stereocenters. The minimum atomic E-state index is -0.0855. The Morgan fingerprint density at radius 2 is 2.00 bits per heavy atom. The molecule has 0 fully saturated rings. The van der Waals surface area contributed by atoms with E-state index in [0.29, 0.717) is 5.82 Å². The lowest BCUT2D eigenvalue weighted by atomic mass is 10.4. The second-order valence-corrected chi connectivity index (χ2v) is 3.25. The zero-order valence-corrected chi connectivity index (χ0v) is 8.35. The van der Waals surface area contributed by atoms with Crippen molar-refractivity contribution in [1.29, 1.82) is 0 Å². The lowest BCUT2D eigenvalue weighted by Crippen LogP contribution is -2.18. The van der Waals surface area contributed by atoms with Crippen molar-refractivity contribution in [3.8, 4) is 0 Å². The van der Waals surface area contributed by atoms with Crippen molar-refractivity contribution in [2.45, 2.75) is 19.9 Å². The molecule has 72 valence electrons. The van der Waals surface area contributed by atoms with Gasteiger partial charge in [-0.2, -0.15) is 5.11 Å². The van der Waals surface area contributed by atoms with Crippen molar-refractivity contribution < 1.29 is 0 Å². The molecule has 0 amide bonds. The van der Waals surface area contributed by atoms with Crippen LogP contribution >= 0.6 is 0 Å². The molecular weight excluding hydrogens is 168 g/mol. The summed E-state index contributed by atoms with van der Waals surface area (Å²) in [6, 6.07) is 0.148. The maximum absolute atomic E-state index is 11.3. The summed E-state index contributed by atoms with van der Waals surface area (Å²) in [7, 11) is 3.37. The number of imidazole rings is 1. The van der Waals surface area contributed by atoms with Gasteiger partial charge < -0.3 is 0 Å². The summed E-state index contributed by atoms with van der Waals surface area (Å²) in [5, 5.41) is 7.92. The van der Waals surface area contributed by atoms with E-state index in [0.717, 1.165) is 0 Å². The van der Waals surface area contributed by atoms with Gasteiger partial charge in [-0.1, -0.05) is 0 Å². The number of hydrogen-bond acceptors (Lipinski definition) is 3. The van der Waals surface area contributed by atoms with Crippen LogP contribution in [0.5, 0.6) is 0 Å². The number of hydrogen-bond donors (Lipinski definition) is 0. The summed E-state index contributed by atoms with van der Waals surface area (Å²) >= 11 is 0. The molecule has 0 aliphatic carbocycles. The highest BCUT2D eigenvalue weighted by atomic mass is 16.1. The first-order valence-corrected chi connectivity index (χ1v) is 4.15. The van der Waals surface area contributed by atoms with Gasteiger partial charge in [0.25, 0.3) is 0 Å². The third-order valence-corrected chi connectivity index (χ3v) is 1.63. The molecule has 0 aromatic carbocycles. The van der Waals surface area contributed by atoms with E-state index in [1.54, 1.807) is 20.3 Å². The van der Waals surface area contributed by atoms with Crippen LogP contribution in [0, 0.1) is 0 Å². The molecule has 0 saturated carbocycles. The van der Waals surface area contributed by atoms with Gasteiger partial charge in [0, 0.05) is 14.1 Å². The first kappa shape index (κ1) is 9.70. The maximum atomic E-state index is 11.3. The minimum Gasteiger partial charge on any atom is -0.300 e. The third kappa shape index (κ3) is 2.05. The van der Waals surface area contributed by atoms with E-state index >= 15 is 0 Å². The largest absolute Gasteiger partial charge is 0.329 e. The number of azo groups is 1. The van der Waals surface area contributed by atoms with Crippen LogP contribution < -0.4 is 5.69 Å². The van der Waals surface area contributed by atoms with E-state index < -0.39 is 0 Å². The van der Waals surface area contributed by atoms with Crippen LogP contribution in [0.25, 0.3) is 0 Å². The summed E-state index contributed by atoms with van der Waals surface area (Å²) in [6.45, 7) is 3.87. The van der Waals surface area contributed by atoms with Crippen LogP contribution in [-0.4, -0.2) is 15.2 Å². The molecular formula is C8H14N4O. The quantitative estimate of drug-likeness (QED) is 0.634. The van der Waals surface area contributed by atoms with Crippen molar-refractivity contribution in [3.63, 3.8) is 0 Å². The van der Waals surface area contributed by atoms with Gasteiger partial charge in [-0.3, -0.25) is 9.13 Å². The van der Waals surface area contributed by atoms with Gasteiger partial charge >= 0.3 is 5.69 Å². The van der Waals surface area contributed by atoms with Crippen molar-refractivity contribution in [3.05, 3.63) is 16.7 Å². The Morgan fingerprint density at radius 3 is 2.38 bits per heavy atom. The highest BCUT2D eigenvalue weighted by Gasteiger charge is 2.03. The summed E-state index contributed by atoms with van der Waals surface area (Å²) in [6.07, 6.45) is 1.66. The number of nitrogens with zero attached hydrogens (tertiary/aromatic N) is 4. The fourth-order valence-corrected chi connectivity index (χ4v) is 0.917. The number of rotatable bonds is 2. The average molecular weight is 182 g/mol. The summed E-state index contributed by atoms with van der Waals surface area (Å²) < 4.78 is 2.94. The van der Waals surface area contributed by atoms with E-state index in [9.17, 15) is 4.79 Å². The zero-order valence-electron chi connectivity index (χ0n) is 8.35. The van der Waals surface area contributed by atoms with Gasteiger partial charge in [0.2, 0.25) is 0 Å². The average Bonchev–Trinajstić information content (AvgIpc) is 2.29. The first-order valence-electron chi connectivity index (χ1n) is 4.15. The van der Waals surface area contributed by atoms with Gasteiger partial charge in [-0.25, -0.2) is 4.79 Å². The summed E-state index contributed by atoms with van der Waals surface area (Å²) in [5.74, 6) is 0.584. The Kier molecular flexibility index (Phi) is 2.65. The maximum Gasteiger partial charge on any atom is 0.329 e. The Labute approximate surface area is 76.7 Å². The normalized spacial score (nSPS) is 11.8. The van der Waals surface area contributed by atoms with Gasteiger partial charge in [0.15, 0.2) is 5.82 Å². The van der Waals surface area contributed by atoms with Gasteiger partial charge in [0.05, 0.1) is 12.2 Å². The zero-order chi connectivity index (χ0) is 10.0. The number of aromatic nitrogens is 2. The van der Waals surface area contributed by atoms with Crippen LogP contribution in [0.3, 0.4) is 0 Å². The standard InChI is InChI=1S/C8H14N4O/c1-6(2)9-10-7-5-11(3)8(13)12(7)4/h5-6H,1-4H3. The molecule has 0 bridgehead atoms. The fourth-order valence-electron chi connectivity index (χ4n) is 0.917. The van der Waals surface area contributed by atoms with Crippen molar-refractivity contribution in [1.82, 2.24) is 9.13 Å². The van der Waals surface area contributed by atoms with E-state index in [-0.39, 0.29) is 11.7 Å². The van der Waals surface area contributed by atoms with E-state index in [2.05, 4.69) is 10.2 Å². The fraction of sp³-hybridized carbons (Fsp3) is 0.625. The molecule has 0 radical (unpaired) electrons. The van der Waals surface area contributed by atoms with Crippen molar-refractivity contribution >= 4 is 5.82 Å². The minimum absolute atomic E-state index is 0.0855. The van der Waals surface area contributed by atoms with Gasteiger partial charge in [-0.05, 0) is 13.8 Å². The second-order valence-electron chi connectivity index (χ2n) is 3.25. The van der Waals surface area contributed by atoms with Crippen LogP contribution in [0.1, 0.15) is 13.8 Å². The van der Waals surface area contributed by atoms with E-state index in [1.807, 2.05) is 13.8 Å². The predicted molar refractivity (Wildman–Crippen MR) is 50.3 cm³/mol. The molecule has 0 aliphatic heterocycles. The molecule has 0 N–H and O–H groups in total. The summed E-state index contributed by atoms with van der Waals surface area (Å²) in [5.41, 5.74) is -0.0855. The number of aryl methyl sites for hydroxylation is 1. The molecule has 1 aromatic rings. The Hall–Kier alpha value is -1.39. The molecule has 0 saturated heterocycles. The third-order valence-electron chi connectivity index (χ3n) is 1.63. The lowest BCUT2D eigenvalue weighted by Gasteiger charge is -1.93. The summed E-state index contributed by atoms with van der Waals surface area (Å²) in [4.78, 5) is 11.3. The predicted octanol–water partition coefficient (Wildman–Crippen LogP) is 1.22. The van der Waals surface area contributed by atoms with Crippen molar-refractivity contribution in [2.75, 3.05) is 0 Å².